The topological polar surface area (TPSA) is 85.8 Å². The number of hydrogen-bond acceptors (Lipinski definition) is 6. The Hall–Kier alpha value is -3.73. The normalized spacial score (nSPS) is 11.8. The second-order valence-corrected chi connectivity index (χ2v) is 7.18. The second-order valence-electron chi connectivity index (χ2n) is 6.32. The summed E-state index contributed by atoms with van der Waals surface area (Å²) in [5, 5.41) is 4.75. The van der Waals surface area contributed by atoms with Crippen molar-refractivity contribution in [3.63, 3.8) is 0 Å². The average Bonchev–Trinajstić information content (AvgIpc) is 3.47. The molecule has 0 aliphatic rings. The van der Waals surface area contributed by atoms with Crippen LogP contribution in [-0.4, -0.2) is 25.4 Å². The third-order valence-corrected chi connectivity index (χ3v) is 4.87. The molecule has 0 bridgehead atoms. The number of nitrogens with zero attached hydrogens (tertiary/aromatic N) is 4. The molecule has 1 amide bonds. The summed E-state index contributed by atoms with van der Waals surface area (Å²) < 4.78 is 43.8. The Kier molecular flexibility index (Phi) is 5.67. The molecule has 0 spiro atoms. The third kappa shape index (κ3) is 5.07. The number of rotatable bonds is 6. The zero-order chi connectivity index (χ0) is 21.8. The predicted molar refractivity (Wildman–Crippen MR) is 108 cm³/mol. The minimum absolute atomic E-state index is 0.0137. The SMILES string of the molecule is O=C(Nc1nc(/C=C/c2coc(C(F)(F)F)n2)cs1)c1cccn1Cc1ccncc1. The van der Waals surface area contributed by atoms with E-state index in [0.29, 0.717) is 23.1 Å². The molecule has 1 N–H and O–H groups in total. The van der Waals surface area contributed by atoms with Crippen LogP contribution in [0.2, 0.25) is 0 Å². The highest BCUT2D eigenvalue weighted by atomic mass is 32.1. The Morgan fingerprint density at radius 2 is 1.94 bits per heavy atom. The van der Waals surface area contributed by atoms with Gasteiger partial charge in [-0.25, -0.2) is 9.97 Å². The smallest absolute Gasteiger partial charge is 0.441 e. The molecule has 0 atom stereocenters. The van der Waals surface area contributed by atoms with Crippen LogP contribution in [0.3, 0.4) is 0 Å². The Balaban J connectivity index is 1.41. The highest BCUT2D eigenvalue weighted by Crippen LogP contribution is 2.28. The first-order valence-corrected chi connectivity index (χ1v) is 9.78. The van der Waals surface area contributed by atoms with Crippen molar-refractivity contribution in [1.29, 1.82) is 0 Å². The van der Waals surface area contributed by atoms with Gasteiger partial charge in [-0.05, 0) is 42.0 Å². The summed E-state index contributed by atoms with van der Waals surface area (Å²) in [5.74, 6) is -1.64. The Labute approximate surface area is 177 Å². The van der Waals surface area contributed by atoms with Crippen molar-refractivity contribution < 1.29 is 22.4 Å². The molecular weight excluding hydrogens is 431 g/mol. The van der Waals surface area contributed by atoms with Crippen molar-refractivity contribution in [2.24, 2.45) is 0 Å². The summed E-state index contributed by atoms with van der Waals surface area (Å²) in [7, 11) is 0. The highest BCUT2D eigenvalue weighted by molar-refractivity contribution is 7.14. The standard InChI is InChI=1S/C20H14F3N5O2S/c21-20(22,23)18-25-14(11-30-18)3-4-15-12-31-19(26-15)27-17(29)16-2-1-9-28(16)10-13-5-7-24-8-6-13/h1-9,11-12H,10H2,(H,26,27,29)/b4-3+. The summed E-state index contributed by atoms with van der Waals surface area (Å²) in [6.45, 7) is 0.516. The van der Waals surface area contributed by atoms with Gasteiger partial charge in [0, 0.05) is 30.5 Å². The van der Waals surface area contributed by atoms with Crippen LogP contribution in [0, 0.1) is 0 Å². The number of pyridine rings is 1. The molecule has 31 heavy (non-hydrogen) atoms. The monoisotopic (exact) mass is 445 g/mol. The molecule has 0 fully saturated rings. The molecule has 7 nitrogen and oxygen atoms in total. The molecule has 11 heteroatoms. The number of oxazole rings is 1. The van der Waals surface area contributed by atoms with Crippen LogP contribution in [0.15, 0.2) is 58.9 Å². The predicted octanol–water partition coefficient (Wildman–Crippen LogP) is 4.82. The van der Waals surface area contributed by atoms with Crippen molar-refractivity contribution in [3.8, 4) is 0 Å². The molecule has 0 aliphatic heterocycles. The van der Waals surface area contributed by atoms with Crippen LogP contribution in [0.4, 0.5) is 18.3 Å². The van der Waals surface area contributed by atoms with E-state index in [9.17, 15) is 18.0 Å². The fourth-order valence-corrected chi connectivity index (χ4v) is 3.36. The lowest BCUT2D eigenvalue weighted by Gasteiger charge is -2.08. The quantitative estimate of drug-likeness (QED) is 0.460. The number of aromatic nitrogens is 4. The fourth-order valence-electron chi connectivity index (χ4n) is 2.69. The molecule has 158 valence electrons. The van der Waals surface area contributed by atoms with Crippen LogP contribution in [0.25, 0.3) is 12.2 Å². The van der Waals surface area contributed by atoms with Crippen molar-refractivity contribution >= 4 is 34.5 Å². The number of carbonyl (C=O) groups is 1. The van der Waals surface area contributed by atoms with Gasteiger partial charge in [-0.15, -0.1) is 11.3 Å². The number of nitrogens with one attached hydrogen (secondary N) is 1. The first-order valence-electron chi connectivity index (χ1n) is 8.90. The number of carbonyl (C=O) groups excluding carboxylic acids is 1. The summed E-state index contributed by atoms with van der Waals surface area (Å²) in [6, 6.07) is 7.22. The van der Waals surface area contributed by atoms with E-state index >= 15 is 0 Å². The summed E-state index contributed by atoms with van der Waals surface area (Å²) >= 11 is 1.19. The van der Waals surface area contributed by atoms with E-state index in [1.54, 1.807) is 36.1 Å². The molecule has 0 saturated heterocycles. The van der Waals surface area contributed by atoms with Gasteiger partial charge < -0.3 is 8.98 Å². The number of amides is 1. The van der Waals surface area contributed by atoms with Crippen molar-refractivity contribution in [2.75, 3.05) is 5.32 Å². The number of hydrogen-bond donors (Lipinski definition) is 1. The van der Waals surface area contributed by atoms with Gasteiger partial charge in [0.15, 0.2) is 5.13 Å². The second kappa shape index (κ2) is 8.56. The fraction of sp³-hybridized carbons (Fsp3) is 0.100. The first kappa shape index (κ1) is 20.5. The van der Waals surface area contributed by atoms with Gasteiger partial charge in [0.25, 0.3) is 5.91 Å². The maximum atomic E-state index is 12.6. The zero-order valence-electron chi connectivity index (χ0n) is 15.7. The number of alkyl halides is 3. The lowest BCUT2D eigenvalue weighted by atomic mass is 10.2. The van der Waals surface area contributed by atoms with Gasteiger partial charge in [0.1, 0.15) is 17.7 Å². The Morgan fingerprint density at radius 3 is 2.68 bits per heavy atom. The van der Waals surface area contributed by atoms with Crippen LogP contribution in [0.1, 0.15) is 33.3 Å². The minimum Gasteiger partial charge on any atom is -0.441 e. The van der Waals surface area contributed by atoms with Crippen LogP contribution in [0.5, 0.6) is 0 Å². The lowest BCUT2D eigenvalue weighted by molar-refractivity contribution is -0.157. The van der Waals surface area contributed by atoms with E-state index in [1.165, 1.54) is 23.5 Å². The average molecular weight is 445 g/mol. The van der Waals surface area contributed by atoms with Crippen LogP contribution in [-0.2, 0) is 12.7 Å². The third-order valence-electron chi connectivity index (χ3n) is 4.10. The Morgan fingerprint density at radius 1 is 1.16 bits per heavy atom. The zero-order valence-corrected chi connectivity index (χ0v) is 16.5. The van der Waals surface area contributed by atoms with Gasteiger partial charge in [-0.1, -0.05) is 0 Å². The van der Waals surface area contributed by atoms with Gasteiger partial charge in [0.05, 0.1) is 5.69 Å². The van der Waals surface area contributed by atoms with Gasteiger partial charge in [-0.3, -0.25) is 15.1 Å². The van der Waals surface area contributed by atoms with E-state index in [1.807, 2.05) is 16.7 Å². The summed E-state index contributed by atoms with van der Waals surface area (Å²) in [6.07, 6.45) is 4.27. The molecule has 4 heterocycles. The van der Waals surface area contributed by atoms with Gasteiger partial charge in [-0.2, -0.15) is 13.2 Å². The summed E-state index contributed by atoms with van der Waals surface area (Å²) in [4.78, 5) is 24.2. The van der Waals surface area contributed by atoms with Crippen molar-refractivity contribution in [1.82, 2.24) is 19.5 Å². The van der Waals surface area contributed by atoms with E-state index in [4.69, 9.17) is 0 Å². The molecule has 4 aromatic rings. The molecule has 0 aliphatic carbocycles. The maximum Gasteiger partial charge on any atom is 0.468 e. The molecule has 4 rings (SSSR count). The lowest BCUT2D eigenvalue weighted by Crippen LogP contribution is -2.17. The van der Waals surface area contributed by atoms with E-state index in [-0.39, 0.29) is 11.6 Å². The maximum absolute atomic E-state index is 12.6. The molecule has 0 aromatic carbocycles. The number of anilines is 1. The van der Waals surface area contributed by atoms with Gasteiger partial charge in [0.2, 0.25) is 0 Å². The number of thiazole rings is 1. The van der Waals surface area contributed by atoms with Crippen LogP contribution >= 0.6 is 11.3 Å². The van der Waals surface area contributed by atoms with Gasteiger partial charge >= 0.3 is 12.1 Å². The molecular formula is C20H14F3N5O2S. The molecule has 0 radical (unpaired) electrons. The highest BCUT2D eigenvalue weighted by Gasteiger charge is 2.36. The number of halogens is 3. The van der Waals surface area contributed by atoms with E-state index in [0.717, 1.165) is 11.8 Å². The molecule has 0 unspecified atom stereocenters. The van der Waals surface area contributed by atoms with Crippen molar-refractivity contribution in [3.05, 3.63) is 83.0 Å². The van der Waals surface area contributed by atoms with Crippen LogP contribution < -0.4 is 5.32 Å². The minimum atomic E-state index is -4.64. The van der Waals surface area contributed by atoms with E-state index in [2.05, 4.69) is 24.7 Å². The van der Waals surface area contributed by atoms with Crippen molar-refractivity contribution in [2.45, 2.75) is 12.7 Å². The first-order chi connectivity index (χ1) is 14.9. The molecule has 0 saturated carbocycles. The summed E-state index contributed by atoms with van der Waals surface area (Å²) in [5.41, 5.74) is 1.94. The molecule has 4 aromatic heterocycles. The van der Waals surface area contributed by atoms with E-state index < -0.39 is 12.1 Å². The Bertz CT molecular complexity index is 1210. The largest absolute Gasteiger partial charge is 0.468 e.